The molecule has 19 heavy (non-hydrogen) atoms. The fraction of sp³-hybridized carbons (Fsp3) is 0.600. The Balaban J connectivity index is 2.71. The predicted octanol–water partition coefficient (Wildman–Crippen LogP) is 2.99. The molecule has 0 aliphatic heterocycles. The summed E-state index contributed by atoms with van der Waals surface area (Å²) in [5, 5.41) is 10.2. The summed E-state index contributed by atoms with van der Waals surface area (Å²) in [6.45, 7) is 4.97. The van der Waals surface area contributed by atoms with Gasteiger partial charge < -0.3 is 14.7 Å². The van der Waals surface area contributed by atoms with Crippen LogP contribution in [0.3, 0.4) is 0 Å². The molecule has 0 saturated carbocycles. The Morgan fingerprint density at radius 3 is 2.68 bits per heavy atom. The number of aliphatic hydroxyl groups is 1. The summed E-state index contributed by atoms with van der Waals surface area (Å²) >= 11 is 0. The zero-order valence-corrected chi connectivity index (χ0v) is 12.2. The minimum Gasteiger partial charge on any atom is -0.496 e. The van der Waals surface area contributed by atoms with Crippen molar-refractivity contribution in [1.29, 1.82) is 0 Å². The highest BCUT2D eigenvalue weighted by Crippen LogP contribution is 2.29. The molecule has 0 aliphatic rings. The van der Waals surface area contributed by atoms with Crippen LogP contribution in [0.1, 0.15) is 38.4 Å². The van der Waals surface area contributed by atoms with Crippen molar-refractivity contribution in [2.24, 2.45) is 0 Å². The van der Waals surface area contributed by atoms with Crippen LogP contribution in [-0.4, -0.2) is 36.8 Å². The van der Waals surface area contributed by atoms with Crippen LogP contribution < -0.4 is 4.74 Å². The van der Waals surface area contributed by atoms with E-state index in [2.05, 4.69) is 18.7 Å². The molecular weight excluding hydrogens is 245 g/mol. The van der Waals surface area contributed by atoms with Gasteiger partial charge in [-0.2, -0.15) is 0 Å². The molecule has 108 valence electrons. The van der Waals surface area contributed by atoms with E-state index in [0.717, 1.165) is 6.42 Å². The Morgan fingerprint density at radius 2 is 2.11 bits per heavy atom. The summed E-state index contributed by atoms with van der Waals surface area (Å²) in [6, 6.07) is 5.05. The third-order valence-corrected chi connectivity index (χ3v) is 3.66. The Labute approximate surface area is 115 Å². The van der Waals surface area contributed by atoms with Crippen molar-refractivity contribution < 1.29 is 14.2 Å². The first-order chi connectivity index (χ1) is 9.01. The van der Waals surface area contributed by atoms with E-state index in [4.69, 9.17) is 4.74 Å². The van der Waals surface area contributed by atoms with Gasteiger partial charge in [-0.25, -0.2) is 4.39 Å². The summed E-state index contributed by atoms with van der Waals surface area (Å²) in [5.74, 6) is -0.0169. The second-order valence-corrected chi connectivity index (χ2v) is 4.90. The van der Waals surface area contributed by atoms with Gasteiger partial charge in [0.15, 0.2) is 0 Å². The highest BCUT2D eigenvalue weighted by Gasteiger charge is 2.19. The lowest BCUT2D eigenvalue weighted by atomic mass is 10.0. The van der Waals surface area contributed by atoms with Crippen LogP contribution in [0.4, 0.5) is 4.39 Å². The van der Waals surface area contributed by atoms with E-state index in [1.807, 2.05) is 7.05 Å². The Hall–Kier alpha value is -1.13. The van der Waals surface area contributed by atoms with Crippen LogP contribution in [0.2, 0.25) is 0 Å². The fourth-order valence-electron chi connectivity index (χ4n) is 2.02. The van der Waals surface area contributed by atoms with Gasteiger partial charge in [-0.05, 0) is 38.9 Å². The first-order valence-electron chi connectivity index (χ1n) is 6.71. The van der Waals surface area contributed by atoms with E-state index in [9.17, 15) is 9.50 Å². The summed E-state index contributed by atoms with van der Waals surface area (Å²) < 4.78 is 18.9. The van der Waals surface area contributed by atoms with Crippen LogP contribution in [0.15, 0.2) is 18.2 Å². The number of nitrogens with zero attached hydrogens (tertiary/aromatic N) is 1. The van der Waals surface area contributed by atoms with Crippen LogP contribution in [0, 0.1) is 5.82 Å². The third-order valence-electron chi connectivity index (χ3n) is 3.66. The smallest absolute Gasteiger partial charge is 0.132 e. The molecule has 0 spiro atoms. The number of methoxy groups -OCH3 is 1. The van der Waals surface area contributed by atoms with Gasteiger partial charge in [0.05, 0.1) is 18.8 Å². The number of benzene rings is 1. The van der Waals surface area contributed by atoms with Gasteiger partial charge in [-0.15, -0.1) is 0 Å². The van der Waals surface area contributed by atoms with E-state index in [1.54, 1.807) is 12.1 Å². The first kappa shape index (κ1) is 15.9. The summed E-state index contributed by atoms with van der Waals surface area (Å²) in [4.78, 5) is 2.16. The van der Waals surface area contributed by atoms with Gasteiger partial charge in [-0.3, -0.25) is 0 Å². The highest BCUT2D eigenvalue weighted by molar-refractivity contribution is 5.36. The quantitative estimate of drug-likeness (QED) is 0.826. The normalized spacial score (nSPS) is 14.5. The molecule has 1 aromatic carbocycles. The molecule has 0 saturated heterocycles. The van der Waals surface area contributed by atoms with Gasteiger partial charge >= 0.3 is 0 Å². The lowest BCUT2D eigenvalue weighted by Gasteiger charge is -2.25. The largest absolute Gasteiger partial charge is 0.496 e. The van der Waals surface area contributed by atoms with Crippen molar-refractivity contribution in [1.82, 2.24) is 4.90 Å². The molecule has 1 aromatic rings. The second-order valence-electron chi connectivity index (χ2n) is 4.90. The zero-order chi connectivity index (χ0) is 14.4. The van der Waals surface area contributed by atoms with Crippen LogP contribution >= 0.6 is 0 Å². The molecule has 2 atom stereocenters. The molecule has 1 rings (SSSR count). The Morgan fingerprint density at radius 1 is 1.42 bits per heavy atom. The Bertz CT molecular complexity index is 398. The molecule has 0 aromatic heterocycles. The predicted molar refractivity (Wildman–Crippen MR) is 74.9 cm³/mol. The number of ether oxygens (including phenoxy) is 1. The topological polar surface area (TPSA) is 32.7 Å². The van der Waals surface area contributed by atoms with E-state index in [-0.39, 0.29) is 5.56 Å². The van der Waals surface area contributed by atoms with Crippen LogP contribution in [0.5, 0.6) is 5.75 Å². The standard InChI is InChI=1S/C15H24FNO2/c1-5-11(2)17(3)10-9-13(18)15-12(16)7-6-8-14(15)19-4/h6-8,11,13,18H,5,9-10H2,1-4H3. The average Bonchev–Trinajstić information content (AvgIpc) is 2.42. The lowest BCUT2D eigenvalue weighted by molar-refractivity contribution is 0.132. The van der Waals surface area contributed by atoms with E-state index < -0.39 is 11.9 Å². The molecule has 0 heterocycles. The zero-order valence-electron chi connectivity index (χ0n) is 12.2. The van der Waals surface area contributed by atoms with Crippen molar-refractivity contribution >= 4 is 0 Å². The van der Waals surface area contributed by atoms with Crippen molar-refractivity contribution in [2.45, 2.75) is 38.8 Å². The van der Waals surface area contributed by atoms with Crippen LogP contribution in [0.25, 0.3) is 0 Å². The minimum absolute atomic E-state index is 0.252. The molecule has 0 amide bonds. The summed E-state index contributed by atoms with van der Waals surface area (Å²) in [7, 11) is 3.50. The molecule has 4 heteroatoms. The number of aliphatic hydroxyl groups excluding tert-OH is 1. The minimum atomic E-state index is -0.845. The summed E-state index contributed by atoms with van der Waals surface area (Å²) in [5.41, 5.74) is 0.252. The van der Waals surface area contributed by atoms with Crippen molar-refractivity contribution in [3.63, 3.8) is 0 Å². The SMILES string of the molecule is CCC(C)N(C)CCC(O)c1c(F)cccc1OC. The molecule has 2 unspecified atom stereocenters. The molecule has 1 N–H and O–H groups in total. The van der Waals surface area contributed by atoms with Crippen molar-refractivity contribution in [2.75, 3.05) is 20.7 Å². The fourth-order valence-corrected chi connectivity index (χ4v) is 2.02. The first-order valence-corrected chi connectivity index (χ1v) is 6.71. The van der Waals surface area contributed by atoms with Crippen LogP contribution in [-0.2, 0) is 0 Å². The van der Waals surface area contributed by atoms with Crippen molar-refractivity contribution in [3.05, 3.63) is 29.6 Å². The Kier molecular flexibility index (Phi) is 6.25. The van der Waals surface area contributed by atoms with E-state index >= 15 is 0 Å². The number of hydrogen-bond acceptors (Lipinski definition) is 3. The number of rotatable bonds is 7. The van der Waals surface area contributed by atoms with Gasteiger partial charge in [0.1, 0.15) is 11.6 Å². The number of hydrogen-bond donors (Lipinski definition) is 1. The lowest BCUT2D eigenvalue weighted by Crippen LogP contribution is -2.30. The maximum atomic E-state index is 13.8. The van der Waals surface area contributed by atoms with Gasteiger partial charge in [0.25, 0.3) is 0 Å². The van der Waals surface area contributed by atoms with Gasteiger partial charge in [0.2, 0.25) is 0 Å². The highest BCUT2D eigenvalue weighted by atomic mass is 19.1. The molecule has 3 nitrogen and oxygen atoms in total. The molecule has 0 aliphatic carbocycles. The molecule has 0 fully saturated rings. The summed E-state index contributed by atoms with van der Waals surface area (Å²) in [6.07, 6.45) is 0.691. The van der Waals surface area contributed by atoms with E-state index in [1.165, 1.54) is 13.2 Å². The number of halogens is 1. The maximum absolute atomic E-state index is 13.8. The van der Waals surface area contributed by atoms with Crippen molar-refractivity contribution in [3.8, 4) is 5.75 Å². The second kappa shape index (κ2) is 7.46. The molecule has 0 bridgehead atoms. The van der Waals surface area contributed by atoms with Gasteiger partial charge in [-0.1, -0.05) is 13.0 Å². The van der Waals surface area contributed by atoms with Gasteiger partial charge in [0, 0.05) is 12.6 Å². The molecular formula is C15H24FNO2. The van der Waals surface area contributed by atoms with E-state index in [0.29, 0.717) is 24.8 Å². The monoisotopic (exact) mass is 269 g/mol. The molecule has 0 radical (unpaired) electrons. The maximum Gasteiger partial charge on any atom is 0.132 e. The third kappa shape index (κ3) is 4.18. The average molecular weight is 269 g/mol.